The van der Waals surface area contributed by atoms with Crippen molar-refractivity contribution in [2.75, 3.05) is 0 Å². The molecule has 1 aromatic carbocycles. The second-order valence-corrected chi connectivity index (χ2v) is 2.95. The number of halogens is 1. The van der Waals surface area contributed by atoms with E-state index in [-0.39, 0.29) is 0 Å². The lowest BCUT2D eigenvalue weighted by molar-refractivity contribution is 1.41. The van der Waals surface area contributed by atoms with Crippen molar-refractivity contribution in [3.63, 3.8) is 0 Å². The van der Waals surface area contributed by atoms with Crippen molar-refractivity contribution in [1.29, 1.82) is 0 Å². The molecule has 1 heteroatoms. The zero-order chi connectivity index (χ0) is 8.81. The Balaban J connectivity index is 2.88. The van der Waals surface area contributed by atoms with Crippen molar-refractivity contribution >= 4 is 21.5 Å². The van der Waals surface area contributed by atoms with Crippen molar-refractivity contribution in [3.8, 4) is 0 Å². The molecule has 12 heavy (non-hydrogen) atoms. The largest absolute Gasteiger partial charge is 0.103 e. The number of rotatable bonds is 3. The zero-order valence-corrected chi connectivity index (χ0v) is 8.42. The Bertz CT molecular complexity index is 272. The molecule has 0 bridgehead atoms. The molecular formula is C11H11Br. The molecule has 0 fully saturated rings. The zero-order valence-electron chi connectivity index (χ0n) is 6.83. The van der Waals surface area contributed by atoms with Crippen LogP contribution in [-0.2, 0) is 0 Å². The maximum atomic E-state index is 3.71. The summed E-state index contributed by atoms with van der Waals surface area (Å²) in [5.74, 6) is 0. The Morgan fingerprint density at radius 3 is 2.50 bits per heavy atom. The van der Waals surface area contributed by atoms with Crippen molar-refractivity contribution < 1.29 is 0 Å². The first-order valence-corrected chi connectivity index (χ1v) is 4.75. The SMILES string of the molecule is C=CCC(=CBr)c1ccccc1. The highest BCUT2D eigenvalue weighted by Gasteiger charge is 1.95. The van der Waals surface area contributed by atoms with Crippen LogP contribution in [0.4, 0.5) is 0 Å². The van der Waals surface area contributed by atoms with Gasteiger partial charge in [-0.3, -0.25) is 0 Å². The fourth-order valence-electron chi connectivity index (χ4n) is 1.03. The molecule has 0 saturated carbocycles. The summed E-state index contributed by atoms with van der Waals surface area (Å²) in [6.45, 7) is 3.71. The van der Waals surface area contributed by atoms with Crippen molar-refractivity contribution in [1.82, 2.24) is 0 Å². The van der Waals surface area contributed by atoms with E-state index in [4.69, 9.17) is 0 Å². The molecule has 0 spiro atoms. The third-order valence-corrected chi connectivity index (χ3v) is 2.19. The van der Waals surface area contributed by atoms with E-state index in [2.05, 4.69) is 34.6 Å². The summed E-state index contributed by atoms with van der Waals surface area (Å²) < 4.78 is 0. The van der Waals surface area contributed by atoms with E-state index in [1.165, 1.54) is 11.1 Å². The van der Waals surface area contributed by atoms with Gasteiger partial charge in [-0.25, -0.2) is 0 Å². The minimum Gasteiger partial charge on any atom is -0.103 e. The fourth-order valence-corrected chi connectivity index (χ4v) is 1.48. The highest BCUT2D eigenvalue weighted by molar-refractivity contribution is 9.11. The molecule has 0 aromatic heterocycles. The molecule has 62 valence electrons. The first-order chi connectivity index (χ1) is 5.88. The molecule has 0 nitrogen and oxygen atoms in total. The number of hydrogen-bond acceptors (Lipinski definition) is 0. The molecule has 0 heterocycles. The van der Waals surface area contributed by atoms with Gasteiger partial charge in [-0.2, -0.15) is 0 Å². The summed E-state index contributed by atoms with van der Waals surface area (Å²) in [7, 11) is 0. The Morgan fingerprint density at radius 1 is 1.33 bits per heavy atom. The maximum absolute atomic E-state index is 3.71. The third kappa shape index (κ3) is 2.35. The molecule has 1 aromatic rings. The lowest BCUT2D eigenvalue weighted by atomic mass is 10.1. The predicted molar refractivity (Wildman–Crippen MR) is 58.2 cm³/mol. The normalized spacial score (nSPS) is 11.2. The number of benzene rings is 1. The van der Waals surface area contributed by atoms with Crippen LogP contribution < -0.4 is 0 Å². The van der Waals surface area contributed by atoms with Gasteiger partial charge in [0.1, 0.15) is 0 Å². The van der Waals surface area contributed by atoms with E-state index in [1.54, 1.807) is 0 Å². The van der Waals surface area contributed by atoms with E-state index in [0.717, 1.165) is 6.42 Å². The molecule has 0 radical (unpaired) electrons. The first-order valence-electron chi connectivity index (χ1n) is 3.84. The van der Waals surface area contributed by atoms with Crippen LogP contribution in [0, 0.1) is 0 Å². The fraction of sp³-hybridized carbons (Fsp3) is 0.0909. The van der Waals surface area contributed by atoms with Gasteiger partial charge in [0.25, 0.3) is 0 Å². The molecular weight excluding hydrogens is 212 g/mol. The van der Waals surface area contributed by atoms with Crippen LogP contribution in [0.25, 0.3) is 5.57 Å². The summed E-state index contributed by atoms with van der Waals surface area (Å²) >= 11 is 3.34. The second kappa shape index (κ2) is 4.94. The van der Waals surface area contributed by atoms with E-state index in [1.807, 2.05) is 29.3 Å². The standard InChI is InChI=1S/C11H11Br/c1-2-6-11(9-12)10-7-4-3-5-8-10/h2-5,7-9H,1,6H2. The van der Waals surface area contributed by atoms with Gasteiger partial charge in [-0.05, 0) is 22.5 Å². The van der Waals surface area contributed by atoms with Crippen molar-refractivity contribution in [2.24, 2.45) is 0 Å². The number of allylic oxidation sites excluding steroid dienone is 2. The van der Waals surface area contributed by atoms with E-state index in [0.29, 0.717) is 0 Å². The van der Waals surface area contributed by atoms with Crippen LogP contribution in [0.2, 0.25) is 0 Å². The van der Waals surface area contributed by atoms with Crippen LogP contribution in [-0.4, -0.2) is 0 Å². The quantitative estimate of drug-likeness (QED) is 0.679. The summed E-state index contributed by atoms with van der Waals surface area (Å²) in [5.41, 5.74) is 2.50. The van der Waals surface area contributed by atoms with Gasteiger partial charge >= 0.3 is 0 Å². The Kier molecular flexibility index (Phi) is 3.81. The summed E-state index contributed by atoms with van der Waals surface area (Å²) in [4.78, 5) is 1.95. The molecule has 0 atom stereocenters. The Labute approximate surface area is 81.7 Å². The van der Waals surface area contributed by atoms with Gasteiger partial charge in [-0.1, -0.05) is 52.3 Å². The third-order valence-electron chi connectivity index (χ3n) is 1.64. The summed E-state index contributed by atoms with van der Waals surface area (Å²) in [6.07, 6.45) is 2.80. The second-order valence-electron chi connectivity index (χ2n) is 2.49. The molecule has 0 aliphatic rings. The lowest BCUT2D eigenvalue weighted by Crippen LogP contribution is -1.79. The van der Waals surface area contributed by atoms with Gasteiger partial charge in [0, 0.05) is 0 Å². The smallest absolute Gasteiger partial charge is 0.00890 e. The Hall–Kier alpha value is -0.820. The molecule has 0 amide bonds. The topological polar surface area (TPSA) is 0 Å². The van der Waals surface area contributed by atoms with Crippen LogP contribution in [0.3, 0.4) is 0 Å². The minimum atomic E-state index is 0.898. The maximum Gasteiger partial charge on any atom is -0.00890 e. The first kappa shape index (κ1) is 9.27. The Morgan fingerprint density at radius 2 is 2.00 bits per heavy atom. The average molecular weight is 223 g/mol. The predicted octanol–water partition coefficient (Wildman–Crippen LogP) is 4.00. The average Bonchev–Trinajstić information content (AvgIpc) is 2.15. The van der Waals surface area contributed by atoms with Crippen LogP contribution in [0.1, 0.15) is 12.0 Å². The van der Waals surface area contributed by atoms with Gasteiger partial charge < -0.3 is 0 Å². The minimum absolute atomic E-state index is 0.898. The van der Waals surface area contributed by atoms with E-state index < -0.39 is 0 Å². The van der Waals surface area contributed by atoms with Gasteiger partial charge in [0.2, 0.25) is 0 Å². The molecule has 0 saturated heterocycles. The van der Waals surface area contributed by atoms with Gasteiger partial charge in [-0.15, -0.1) is 6.58 Å². The van der Waals surface area contributed by atoms with Crippen LogP contribution in [0.5, 0.6) is 0 Å². The van der Waals surface area contributed by atoms with Crippen LogP contribution >= 0.6 is 15.9 Å². The summed E-state index contributed by atoms with van der Waals surface area (Å²) in [6, 6.07) is 10.3. The van der Waals surface area contributed by atoms with Crippen molar-refractivity contribution in [2.45, 2.75) is 6.42 Å². The van der Waals surface area contributed by atoms with Crippen LogP contribution in [0.15, 0.2) is 48.0 Å². The van der Waals surface area contributed by atoms with Gasteiger partial charge in [0.15, 0.2) is 0 Å². The molecule has 0 aliphatic carbocycles. The lowest BCUT2D eigenvalue weighted by Gasteiger charge is -2.01. The number of hydrogen-bond donors (Lipinski definition) is 0. The molecule has 0 unspecified atom stereocenters. The molecule has 0 N–H and O–H groups in total. The van der Waals surface area contributed by atoms with E-state index >= 15 is 0 Å². The van der Waals surface area contributed by atoms with Gasteiger partial charge in [0.05, 0.1) is 0 Å². The molecule has 1 rings (SSSR count). The monoisotopic (exact) mass is 222 g/mol. The highest BCUT2D eigenvalue weighted by atomic mass is 79.9. The van der Waals surface area contributed by atoms with Crippen molar-refractivity contribution in [3.05, 3.63) is 53.5 Å². The van der Waals surface area contributed by atoms with E-state index in [9.17, 15) is 0 Å². The summed E-state index contributed by atoms with van der Waals surface area (Å²) in [5, 5.41) is 0. The highest BCUT2D eigenvalue weighted by Crippen LogP contribution is 2.19. The molecule has 0 aliphatic heterocycles.